The molecule has 0 amide bonds. The Labute approximate surface area is 102 Å². The molecule has 3 nitrogen and oxygen atoms in total. The minimum absolute atomic E-state index is 0.110. The lowest BCUT2D eigenvalue weighted by atomic mass is 10.3. The van der Waals surface area contributed by atoms with Crippen LogP contribution < -0.4 is 5.73 Å². The lowest BCUT2D eigenvalue weighted by Gasteiger charge is -2.05. The fourth-order valence-electron chi connectivity index (χ4n) is 2.14. The van der Waals surface area contributed by atoms with Crippen molar-refractivity contribution in [3.8, 4) is 5.69 Å². The summed E-state index contributed by atoms with van der Waals surface area (Å²) >= 11 is 3.53. The average molecular weight is 278 g/mol. The predicted molar refractivity (Wildman–Crippen MR) is 66.5 cm³/mol. The third-order valence-electron chi connectivity index (χ3n) is 3.00. The molecule has 16 heavy (non-hydrogen) atoms. The van der Waals surface area contributed by atoms with Crippen LogP contribution in [-0.4, -0.2) is 9.78 Å². The molecule has 1 aliphatic carbocycles. The summed E-state index contributed by atoms with van der Waals surface area (Å²) in [5.74, 6) is 0. The zero-order chi connectivity index (χ0) is 11.1. The van der Waals surface area contributed by atoms with Crippen LogP contribution in [0.5, 0.6) is 0 Å². The molecule has 0 fully saturated rings. The monoisotopic (exact) mass is 277 g/mol. The van der Waals surface area contributed by atoms with Crippen LogP contribution >= 0.6 is 15.9 Å². The first-order valence-corrected chi connectivity index (χ1v) is 6.14. The maximum atomic E-state index is 5.99. The molecule has 0 spiro atoms. The average Bonchev–Trinajstić information content (AvgIpc) is 2.82. The Balaban J connectivity index is 2.09. The summed E-state index contributed by atoms with van der Waals surface area (Å²) in [5, 5.41) is 4.56. The van der Waals surface area contributed by atoms with Crippen LogP contribution in [0.25, 0.3) is 5.69 Å². The highest BCUT2D eigenvalue weighted by atomic mass is 79.9. The van der Waals surface area contributed by atoms with E-state index in [1.807, 2.05) is 28.9 Å². The molecule has 82 valence electrons. The maximum absolute atomic E-state index is 5.99. The normalized spacial score (nSPS) is 18.8. The molecule has 1 aliphatic rings. The van der Waals surface area contributed by atoms with E-state index in [1.54, 1.807) is 0 Å². The summed E-state index contributed by atoms with van der Waals surface area (Å²) in [5.41, 5.74) is 9.38. The molecule has 1 aromatic heterocycles. The Morgan fingerprint density at radius 3 is 2.94 bits per heavy atom. The smallest absolute Gasteiger partial charge is 0.0828 e. The van der Waals surface area contributed by atoms with Crippen LogP contribution in [0, 0.1) is 0 Å². The van der Waals surface area contributed by atoms with E-state index in [9.17, 15) is 0 Å². The van der Waals surface area contributed by atoms with Crippen LogP contribution in [0.3, 0.4) is 0 Å². The van der Waals surface area contributed by atoms with Crippen LogP contribution in [0.4, 0.5) is 0 Å². The van der Waals surface area contributed by atoms with Crippen LogP contribution in [0.1, 0.15) is 23.7 Å². The number of hydrogen-bond donors (Lipinski definition) is 1. The van der Waals surface area contributed by atoms with Gasteiger partial charge >= 0.3 is 0 Å². The summed E-state index contributed by atoms with van der Waals surface area (Å²) in [6, 6.07) is 8.17. The van der Waals surface area contributed by atoms with E-state index >= 15 is 0 Å². The van der Waals surface area contributed by atoms with Crippen molar-refractivity contribution in [3.63, 3.8) is 0 Å². The molecule has 0 bridgehead atoms. The van der Waals surface area contributed by atoms with Crippen molar-refractivity contribution in [1.29, 1.82) is 0 Å². The van der Waals surface area contributed by atoms with Gasteiger partial charge in [0.05, 0.1) is 11.4 Å². The third-order valence-corrected chi connectivity index (χ3v) is 3.67. The summed E-state index contributed by atoms with van der Waals surface area (Å²) < 4.78 is 2.96. The second-order valence-corrected chi connectivity index (χ2v) is 4.94. The summed E-state index contributed by atoms with van der Waals surface area (Å²) in [6.45, 7) is 0. The first kappa shape index (κ1) is 10.1. The van der Waals surface area contributed by atoms with E-state index in [1.165, 1.54) is 5.56 Å². The van der Waals surface area contributed by atoms with E-state index in [2.05, 4.69) is 27.2 Å². The molecule has 0 aliphatic heterocycles. The first-order valence-electron chi connectivity index (χ1n) is 5.34. The van der Waals surface area contributed by atoms with Gasteiger partial charge in [0.1, 0.15) is 0 Å². The Morgan fingerprint density at radius 2 is 2.19 bits per heavy atom. The molecular weight excluding hydrogens is 266 g/mol. The molecule has 0 saturated carbocycles. The molecule has 4 heteroatoms. The van der Waals surface area contributed by atoms with Gasteiger partial charge in [0.25, 0.3) is 0 Å². The van der Waals surface area contributed by atoms with Crippen molar-refractivity contribution in [2.24, 2.45) is 5.73 Å². The lowest BCUT2D eigenvalue weighted by Crippen LogP contribution is -2.08. The van der Waals surface area contributed by atoms with Crippen LogP contribution in [-0.2, 0) is 6.42 Å². The van der Waals surface area contributed by atoms with Gasteiger partial charge in [0.15, 0.2) is 0 Å². The van der Waals surface area contributed by atoms with Crippen molar-refractivity contribution >= 4 is 15.9 Å². The largest absolute Gasteiger partial charge is 0.323 e. The van der Waals surface area contributed by atoms with Gasteiger partial charge in [0.2, 0.25) is 0 Å². The number of nitrogens with two attached hydrogens (primary N) is 1. The number of rotatable bonds is 1. The molecule has 2 N–H and O–H groups in total. The van der Waals surface area contributed by atoms with Crippen molar-refractivity contribution in [2.75, 3.05) is 0 Å². The van der Waals surface area contributed by atoms with Gasteiger partial charge in [0, 0.05) is 16.7 Å². The summed E-state index contributed by atoms with van der Waals surface area (Å²) in [6.07, 6.45) is 4.15. The SMILES string of the molecule is NC1CCc2cn(-c3ccccc3Br)nc21. The lowest BCUT2D eigenvalue weighted by molar-refractivity contribution is 0.668. The highest BCUT2D eigenvalue weighted by molar-refractivity contribution is 9.10. The van der Waals surface area contributed by atoms with E-state index in [4.69, 9.17) is 5.73 Å². The van der Waals surface area contributed by atoms with E-state index in [0.29, 0.717) is 0 Å². The Morgan fingerprint density at radius 1 is 1.38 bits per heavy atom. The molecule has 1 atom stereocenters. The molecule has 1 unspecified atom stereocenters. The van der Waals surface area contributed by atoms with Gasteiger partial charge in [-0.1, -0.05) is 12.1 Å². The predicted octanol–water partition coefficient (Wildman–Crippen LogP) is 2.58. The van der Waals surface area contributed by atoms with Crippen LogP contribution in [0.2, 0.25) is 0 Å². The highest BCUT2D eigenvalue weighted by Gasteiger charge is 2.23. The minimum atomic E-state index is 0.110. The molecular formula is C12H12BrN3. The van der Waals surface area contributed by atoms with Crippen molar-refractivity contribution in [2.45, 2.75) is 18.9 Å². The van der Waals surface area contributed by atoms with Gasteiger partial charge in [-0.15, -0.1) is 0 Å². The summed E-state index contributed by atoms with van der Waals surface area (Å²) in [4.78, 5) is 0. The molecule has 1 heterocycles. The standard InChI is InChI=1S/C12H12BrN3/c13-9-3-1-2-4-11(9)16-7-8-5-6-10(14)12(8)15-16/h1-4,7,10H,5-6,14H2. The molecule has 0 saturated heterocycles. The number of hydrogen-bond acceptors (Lipinski definition) is 2. The minimum Gasteiger partial charge on any atom is -0.323 e. The van der Waals surface area contributed by atoms with E-state index in [0.717, 1.165) is 28.7 Å². The Bertz CT molecular complexity index is 533. The second kappa shape index (κ2) is 3.71. The number of aromatic nitrogens is 2. The Hall–Kier alpha value is -1.13. The first-order chi connectivity index (χ1) is 7.75. The molecule has 1 aromatic carbocycles. The zero-order valence-corrected chi connectivity index (χ0v) is 10.3. The van der Waals surface area contributed by atoms with Crippen molar-refractivity contribution in [1.82, 2.24) is 9.78 Å². The fraction of sp³-hybridized carbons (Fsp3) is 0.250. The molecule has 2 aromatic rings. The number of nitrogens with zero attached hydrogens (tertiary/aromatic N) is 2. The van der Waals surface area contributed by atoms with E-state index < -0.39 is 0 Å². The number of fused-ring (bicyclic) bond motifs is 1. The summed E-state index contributed by atoms with van der Waals surface area (Å²) in [7, 11) is 0. The second-order valence-electron chi connectivity index (χ2n) is 4.08. The van der Waals surface area contributed by atoms with E-state index in [-0.39, 0.29) is 6.04 Å². The third kappa shape index (κ3) is 1.49. The highest BCUT2D eigenvalue weighted by Crippen LogP contribution is 2.29. The van der Waals surface area contributed by atoms with Gasteiger partial charge in [-0.25, -0.2) is 4.68 Å². The van der Waals surface area contributed by atoms with Gasteiger partial charge in [-0.2, -0.15) is 5.10 Å². The number of benzene rings is 1. The molecule has 0 radical (unpaired) electrons. The Kier molecular flexibility index (Phi) is 2.33. The maximum Gasteiger partial charge on any atom is 0.0828 e. The zero-order valence-electron chi connectivity index (χ0n) is 8.73. The topological polar surface area (TPSA) is 43.8 Å². The van der Waals surface area contributed by atoms with Crippen molar-refractivity contribution in [3.05, 3.63) is 46.2 Å². The van der Waals surface area contributed by atoms with Gasteiger partial charge in [-0.05, 0) is 46.5 Å². The van der Waals surface area contributed by atoms with Crippen LogP contribution in [0.15, 0.2) is 34.9 Å². The quantitative estimate of drug-likeness (QED) is 0.871. The van der Waals surface area contributed by atoms with Crippen molar-refractivity contribution < 1.29 is 0 Å². The van der Waals surface area contributed by atoms with Gasteiger partial charge in [-0.3, -0.25) is 0 Å². The van der Waals surface area contributed by atoms with Gasteiger partial charge < -0.3 is 5.73 Å². The fourth-order valence-corrected chi connectivity index (χ4v) is 2.60. The number of aryl methyl sites for hydroxylation is 1. The molecule has 3 rings (SSSR count). The number of halogens is 1. The number of para-hydroxylation sites is 1.